The summed E-state index contributed by atoms with van der Waals surface area (Å²) in [4.78, 5) is 8.24. The Kier molecular flexibility index (Phi) is 3.74. The minimum Gasteiger partial charge on any atom is -0.372 e. The van der Waals surface area contributed by atoms with Gasteiger partial charge in [-0.15, -0.1) is 0 Å². The summed E-state index contributed by atoms with van der Waals surface area (Å²) in [5.41, 5.74) is 1.15. The fourth-order valence-electron chi connectivity index (χ4n) is 2.08. The van der Waals surface area contributed by atoms with E-state index in [0.717, 1.165) is 25.3 Å². The molecule has 17 heavy (non-hydrogen) atoms. The average Bonchev–Trinajstić information content (AvgIpc) is 2.75. The standard InChI is InChI=1S/C13H21N3O/c1-13(2,3)16-8-10-5-7-17-12(10)11-4-6-14-9-15-11/h4,6,9-10,12,16H,5,7-8H2,1-3H3. The van der Waals surface area contributed by atoms with Crippen molar-refractivity contribution in [3.63, 3.8) is 0 Å². The Labute approximate surface area is 103 Å². The fraction of sp³-hybridized carbons (Fsp3) is 0.692. The third kappa shape index (κ3) is 3.48. The maximum absolute atomic E-state index is 5.79. The van der Waals surface area contributed by atoms with Crippen molar-refractivity contribution < 1.29 is 4.74 Å². The van der Waals surface area contributed by atoms with Crippen LogP contribution in [-0.4, -0.2) is 28.7 Å². The monoisotopic (exact) mass is 235 g/mol. The Morgan fingerprint density at radius 3 is 2.94 bits per heavy atom. The predicted molar refractivity (Wildman–Crippen MR) is 66.6 cm³/mol. The summed E-state index contributed by atoms with van der Waals surface area (Å²) in [6.07, 6.45) is 4.58. The van der Waals surface area contributed by atoms with Crippen LogP contribution in [0.2, 0.25) is 0 Å². The van der Waals surface area contributed by atoms with E-state index in [1.165, 1.54) is 0 Å². The molecule has 0 amide bonds. The van der Waals surface area contributed by atoms with E-state index >= 15 is 0 Å². The molecular formula is C13H21N3O. The van der Waals surface area contributed by atoms with Crippen molar-refractivity contribution in [1.29, 1.82) is 0 Å². The van der Waals surface area contributed by atoms with Gasteiger partial charge in [0.15, 0.2) is 0 Å². The SMILES string of the molecule is CC(C)(C)NCC1CCOC1c1ccncn1. The molecule has 4 nitrogen and oxygen atoms in total. The zero-order valence-electron chi connectivity index (χ0n) is 10.8. The zero-order valence-corrected chi connectivity index (χ0v) is 10.8. The van der Waals surface area contributed by atoms with Gasteiger partial charge in [0.05, 0.1) is 5.69 Å². The van der Waals surface area contributed by atoms with E-state index in [9.17, 15) is 0 Å². The van der Waals surface area contributed by atoms with Gasteiger partial charge in [0.2, 0.25) is 0 Å². The molecular weight excluding hydrogens is 214 g/mol. The maximum atomic E-state index is 5.79. The highest BCUT2D eigenvalue weighted by molar-refractivity contribution is 5.06. The number of aromatic nitrogens is 2. The lowest BCUT2D eigenvalue weighted by Gasteiger charge is -2.25. The second-order valence-corrected chi connectivity index (χ2v) is 5.61. The van der Waals surface area contributed by atoms with Crippen molar-refractivity contribution >= 4 is 0 Å². The van der Waals surface area contributed by atoms with Crippen molar-refractivity contribution in [1.82, 2.24) is 15.3 Å². The Hall–Kier alpha value is -1.00. The molecule has 0 aliphatic carbocycles. The summed E-state index contributed by atoms with van der Waals surface area (Å²) in [6, 6.07) is 1.94. The highest BCUT2D eigenvalue weighted by atomic mass is 16.5. The molecule has 94 valence electrons. The quantitative estimate of drug-likeness (QED) is 0.869. The highest BCUT2D eigenvalue weighted by Gasteiger charge is 2.31. The first-order chi connectivity index (χ1) is 8.06. The summed E-state index contributed by atoms with van der Waals surface area (Å²) in [5.74, 6) is 0.504. The molecule has 1 saturated heterocycles. The number of nitrogens with zero attached hydrogens (tertiary/aromatic N) is 2. The largest absolute Gasteiger partial charge is 0.372 e. The first-order valence-corrected chi connectivity index (χ1v) is 6.19. The van der Waals surface area contributed by atoms with Gasteiger partial charge in [-0.2, -0.15) is 0 Å². The lowest BCUT2D eigenvalue weighted by atomic mass is 9.97. The molecule has 2 rings (SSSR count). The van der Waals surface area contributed by atoms with Gasteiger partial charge in [-0.3, -0.25) is 0 Å². The van der Waals surface area contributed by atoms with Crippen LogP contribution in [0.25, 0.3) is 0 Å². The van der Waals surface area contributed by atoms with Crippen LogP contribution in [-0.2, 0) is 4.74 Å². The molecule has 0 aromatic carbocycles. The van der Waals surface area contributed by atoms with Crippen molar-refractivity contribution in [2.45, 2.75) is 38.8 Å². The summed E-state index contributed by atoms with van der Waals surface area (Å²) >= 11 is 0. The zero-order chi connectivity index (χ0) is 12.3. The molecule has 1 aliphatic rings. The van der Waals surface area contributed by atoms with Gasteiger partial charge in [0.1, 0.15) is 12.4 Å². The van der Waals surface area contributed by atoms with Gasteiger partial charge in [-0.1, -0.05) is 0 Å². The van der Waals surface area contributed by atoms with Crippen molar-refractivity contribution in [2.75, 3.05) is 13.2 Å². The molecule has 0 saturated carbocycles. The lowest BCUT2D eigenvalue weighted by Crippen LogP contribution is -2.39. The second kappa shape index (κ2) is 5.10. The molecule has 0 radical (unpaired) electrons. The number of hydrogen-bond acceptors (Lipinski definition) is 4. The first kappa shape index (κ1) is 12.5. The number of rotatable bonds is 3. The number of ether oxygens (including phenoxy) is 1. The van der Waals surface area contributed by atoms with Gasteiger partial charge in [0, 0.05) is 30.8 Å². The van der Waals surface area contributed by atoms with Gasteiger partial charge in [0.25, 0.3) is 0 Å². The Bertz CT molecular complexity index is 347. The Balaban J connectivity index is 1.98. The third-order valence-corrected chi connectivity index (χ3v) is 3.01. The van der Waals surface area contributed by atoms with E-state index in [0.29, 0.717) is 5.92 Å². The summed E-state index contributed by atoms with van der Waals surface area (Å²) < 4.78 is 5.79. The summed E-state index contributed by atoms with van der Waals surface area (Å²) in [6.45, 7) is 8.34. The molecule has 2 atom stereocenters. The molecule has 1 aromatic rings. The van der Waals surface area contributed by atoms with Crippen LogP contribution in [0.3, 0.4) is 0 Å². The van der Waals surface area contributed by atoms with E-state index in [2.05, 4.69) is 36.1 Å². The van der Waals surface area contributed by atoms with Crippen LogP contribution in [0, 0.1) is 5.92 Å². The second-order valence-electron chi connectivity index (χ2n) is 5.61. The van der Waals surface area contributed by atoms with E-state index in [4.69, 9.17) is 4.74 Å². The van der Waals surface area contributed by atoms with Crippen LogP contribution >= 0.6 is 0 Å². The smallest absolute Gasteiger partial charge is 0.115 e. The number of hydrogen-bond donors (Lipinski definition) is 1. The van der Waals surface area contributed by atoms with E-state index in [1.54, 1.807) is 12.5 Å². The predicted octanol–water partition coefficient (Wildman–Crippen LogP) is 1.94. The molecule has 2 heterocycles. The molecule has 4 heteroatoms. The maximum Gasteiger partial charge on any atom is 0.115 e. The van der Waals surface area contributed by atoms with Gasteiger partial charge < -0.3 is 10.1 Å². The minimum absolute atomic E-state index is 0.118. The van der Waals surface area contributed by atoms with Crippen LogP contribution in [0.5, 0.6) is 0 Å². The van der Waals surface area contributed by atoms with Crippen molar-refractivity contribution in [3.05, 3.63) is 24.3 Å². The normalized spacial score (nSPS) is 25.1. The van der Waals surface area contributed by atoms with Crippen LogP contribution in [0.1, 0.15) is 39.0 Å². The topological polar surface area (TPSA) is 47.0 Å². The Morgan fingerprint density at radius 2 is 2.29 bits per heavy atom. The third-order valence-electron chi connectivity index (χ3n) is 3.01. The molecule has 1 N–H and O–H groups in total. The molecule has 1 aliphatic heterocycles. The molecule has 0 spiro atoms. The van der Waals surface area contributed by atoms with Crippen LogP contribution < -0.4 is 5.32 Å². The first-order valence-electron chi connectivity index (χ1n) is 6.19. The summed E-state index contributed by atoms with van der Waals surface area (Å²) in [7, 11) is 0. The Morgan fingerprint density at radius 1 is 1.47 bits per heavy atom. The van der Waals surface area contributed by atoms with E-state index < -0.39 is 0 Å². The molecule has 0 bridgehead atoms. The lowest BCUT2D eigenvalue weighted by molar-refractivity contribution is 0.0854. The van der Waals surface area contributed by atoms with Gasteiger partial charge in [-0.05, 0) is 33.3 Å². The molecule has 2 unspecified atom stereocenters. The van der Waals surface area contributed by atoms with Crippen molar-refractivity contribution in [2.24, 2.45) is 5.92 Å². The average molecular weight is 235 g/mol. The van der Waals surface area contributed by atoms with Crippen LogP contribution in [0.4, 0.5) is 0 Å². The van der Waals surface area contributed by atoms with Gasteiger partial charge >= 0.3 is 0 Å². The van der Waals surface area contributed by atoms with Gasteiger partial charge in [-0.25, -0.2) is 9.97 Å². The summed E-state index contributed by atoms with van der Waals surface area (Å²) in [5, 5.41) is 3.54. The van der Waals surface area contributed by atoms with E-state index in [1.807, 2.05) is 6.07 Å². The highest BCUT2D eigenvalue weighted by Crippen LogP contribution is 2.32. The van der Waals surface area contributed by atoms with Crippen molar-refractivity contribution in [3.8, 4) is 0 Å². The van der Waals surface area contributed by atoms with Crippen LogP contribution in [0.15, 0.2) is 18.6 Å². The molecule has 1 aromatic heterocycles. The number of nitrogens with one attached hydrogen (secondary N) is 1. The minimum atomic E-state index is 0.118. The fourth-order valence-corrected chi connectivity index (χ4v) is 2.08. The van der Waals surface area contributed by atoms with E-state index in [-0.39, 0.29) is 11.6 Å². The molecule has 1 fully saturated rings.